The molecular weight excluding hydrogens is 324 g/mol. The molecule has 1 atom stereocenters. The maximum Gasteiger partial charge on any atom is 0.261 e. The quantitative estimate of drug-likeness (QED) is 0.929. The summed E-state index contributed by atoms with van der Waals surface area (Å²) in [6, 6.07) is 9.91. The van der Waals surface area contributed by atoms with Gasteiger partial charge in [0.2, 0.25) is 0 Å². The largest absolute Gasteiger partial charge is 0.488 e. The van der Waals surface area contributed by atoms with Crippen LogP contribution < -0.4 is 10.1 Å². The number of rotatable bonds is 3. The van der Waals surface area contributed by atoms with Crippen molar-refractivity contribution in [1.29, 1.82) is 0 Å². The van der Waals surface area contributed by atoms with E-state index in [0.29, 0.717) is 13.2 Å². The van der Waals surface area contributed by atoms with Gasteiger partial charge in [-0.2, -0.15) is 0 Å². The predicted octanol–water partition coefficient (Wildman–Crippen LogP) is 2.37. The van der Waals surface area contributed by atoms with E-state index in [1.165, 1.54) is 11.3 Å². The molecule has 0 saturated carbocycles. The van der Waals surface area contributed by atoms with Gasteiger partial charge in [0.05, 0.1) is 17.6 Å². The smallest absolute Gasteiger partial charge is 0.261 e. The van der Waals surface area contributed by atoms with E-state index in [9.17, 15) is 4.79 Å². The van der Waals surface area contributed by atoms with Crippen LogP contribution in [0.3, 0.4) is 0 Å². The van der Waals surface area contributed by atoms with E-state index in [0.717, 1.165) is 46.3 Å². The van der Waals surface area contributed by atoms with Crippen molar-refractivity contribution < 1.29 is 14.3 Å². The summed E-state index contributed by atoms with van der Waals surface area (Å²) in [7, 11) is 2.07. The summed E-state index contributed by atoms with van der Waals surface area (Å²) in [6.07, 6.45) is 0.0614. The van der Waals surface area contributed by atoms with Crippen LogP contribution in [0.15, 0.2) is 30.3 Å². The minimum Gasteiger partial charge on any atom is -0.488 e. The maximum atomic E-state index is 12.5. The van der Waals surface area contributed by atoms with Crippen LogP contribution >= 0.6 is 11.3 Å². The number of nitrogens with zero attached hydrogens (tertiary/aromatic N) is 1. The SMILES string of the molecule is CN1CCO[C@@H](CNC(=O)c2cc3c(s2)-c2ccccc2OC3)C1. The number of likely N-dealkylation sites (N-methyl/N-ethyl adjacent to an activating group) is 1. The van der Waals surface area contributed by atoms with Crippen molar-refractivity contribution in [2.24, 2.45) is 0 Å². The van der Waals surface area contributed by atoms with Crippen molar-refractivity contribution in [3.63, 3.8) is 0 Å². The number of morpholine rings is 1. The standard InChI is InChI=1S/C18H20N2O3S/c1-20-6-7-22-13(10-20)9-19-18(21)16-8-12-11-23-15-5-3-2-4-14(15)17(12)24-16/h2-5,8,13H,6-7,9-11H2,1H3,(H,19,21)/t13-/m0/s1. The molecule has 6 heteroatoms. The minimum absolute atomic E-state index is 0.0382. The number of nitrogens with one attached hydrogen (secondary N) is 1. The first-order valence-corrected chi connectivity index (χ1v) is 8.95. The van der Waals surface area contributed by atoms with Gasteiger partial charge in [-0.3, -0.25) is 4.79 Å². The van der Waals surface area contributed by atoms with Crippen LogP contribution in [-0.4, -0.2) is 50.2 Å². The Balaban J connectivity index is 1.46. The molecule has 1 aromatic heterocycles. The Kier molecular flexibility index (Phi) is 4.26. The zero-order chi connectivity index (χ0) is 16.5. The third-order valence-corrected chi connectivity index (χ3v) is 5.59. The van der Waals surface area contributed by atoms with Gasteiger partial charge in [-0.15, -0.1) is 11.3 Å². The van der Waals surface area contributed by atoms with Gasteiger partial charge in [-0.05, 0) is 25.2 Å². The number of carbonyl (C=O) groups excluding carboxylic acids is 1. The molecule has 3 heterocycles. The van der Waals surface area contributed by atoms with E-state index in [2.05, 4.69) is 17.3 Å². The van der Waals surface area contributed by atoms with E-state index < -0.39 is 0 Å². The highest BCUT2D eigenvalue weighted by Gasteiger charge is 2.23. The summed E-state index contributed by atoms with van der Waals surface area (Å²) in [4.78, 5) is 16.6. The number of para-hydroxylation sites is 1. The van der Waals surface area contributed by atoms with Gasteiger partial charge in [0.1, 0.15) is 12.4 Å². The fourth-order valence-electron chi connectivity index (χ4n) is 3.10. The first-order chi connectivity index (χ1) is 11.7. The topological polar surface area (TPSA) is 50.8 Å². The summed E-state index contributed by atoms with van der Waals surface area (Å²) < 4.78 is 11.4. The Bertz CT molecular complexity index is 758. The summed E-state index contributed by atoms with van der Waals surface area (Å²) in [5.74, 6) is 0.848. The van der Waals surface area contributed by atoms with Gasteiger partial charge in [0, 0.05) is 35.6 Å². The van der Waals surface area contributed by atoms with Crippen LogP contribution in [0.4, 0.5) is 0 Å². The first kappa shape index (κ1) is 15.6. The van der Waals surface area contributed by atoms with Gasteiger partial charge in [0.25, 0.3) is 5.91 Å². The summed E-state index contributed by atoms with van der Waals surface area (Å²) in [6.45, 7) is 3.58. The average molecular weight is 344 g/mol. The summed E-state index contributed by atoms with van der Waals surface area (Å²) in [5, 5.41) is 3.00. The van der Waals surface area contributed by atoms with Crippen LogP contribution in [0.5, 0.6) is 5.75 Å². The summed E-state index contributed by atoms with van der Waals surface area (Å²) in [5.41, 5.74) is 2.15. The number of hydrogen-bond donors (Lipinski definition) is 1. The van der Waals surface area contributed by atoms with Gasteiger partial charge >= 0.3 is 0 Å². The van der Waals surface area contributed by atoms with Crippen molar-refractivity contribution >= 4 is 17.2 Å². The van der Waals surface area contributed by atoms with Crippen molar-refractivity contribution in [3.8, 4) is 16.2 Å². The Morgan fingerprint density at radius 2 is 2.29 bits per heavy atom. The lowest BCUT2D eigenvalue weighted by Crippen LogP contribution is -2.45. The molecule has 2 aliphatic heterocycles. The Morgan fingerprint density at radius 1 is 1.42 bits per heavy atom. The van der Waals surface area contributed by atoms with Crippen molar-refractivity contribution in [1.82, 2.24) is 10.2 Å². The van der Waals surface area contributed by atoms with Gasteiger partial charge < -0.3 is 19.7 Å². The number of benzene rings is 1. The normalized spacial score (nSPS) is 20.0. The lowest BCUT2D eigenvalue weighted by Gasteiger charge is -2.30. The maximum absolute atomic E-state index is 12.5. The zero-order valence-electron chi connectivity index (χ0n) is 13.6. The van der Waals surface area contributed by atoms with Crippen LogP contribution in [-0.2, 0) is 11.3 Å². The van der Waals surface area contributed by atoms with E-state index in [1.54, 1.807) is 0 Å². The predicted molar refractivity (Wildman–Crippen MR) is 93.7 cm³/mol. The molecule has 2 aliphatic rings. The lowest BCUT2D eigenvalue weighted by atomic mass is 10.1. The molecular formula is C18H20N2O3S. The molecule has 1 N–H and O–H groups in total. The second-order valence-electron chi connectivity index (χ2n) is 6.21. The highest BCUT2D eigenvalue weighted by Crippen LogP contribution is 2.42. The lowest BCUT2D eigenvalue weighted by molar-refractivity contribution is -0.0174. The Morgan fingerprint density at radius 3 is 3.17 bits per heavy atom. The zero-order valence-corrected chi connectivity index (χ0v) is 14.4. The molecule has 0 bridgehead atoms. The molecule has 126 valence electrons. The first-order valence-electron chi connectivity index (χ1n) is 8.14. The highest BCUT2D eigenvalue weighted by atomic mass is 32.1. The van der Waals surface area contributed by atoms with Crippen LogP contribution in [0.1, 0.15) is 15.2 Å². The van der Waals surface area contributed by atoms with Gasteiger partial charge in [0.15, 0.2) is 0 Å². The number of ether oxygens (including phenoxy) is 2. The molecule has 24 heavy (non-hydrogen) atoms. The molecule has 1 aromatic carbocycles. The number of thiophene rings is 1. The van der Waals surface area contributed by atoms with Crippen LogP contribution in [0.2, 0.25) is 0 Å². The molecule has 0 aliphatic carbocycles. The Hall–Kier alpha value is -1.89. The van der Waals surface area contributed by atoms with E-state index in [1.807, 2.05) is 30.3 Å². The van der Waals surface area contributed by atoms with E-state index in [4.69, 9.17) is 9.47 Å². The number of amides is 1. The second kappa shape index (κ2) is 6.55. The molecule has 0 spiro atoms. The Labute approximate surface area is 145 Å². The van der Waals surface area contributed by atoms with Gasteiger partial charge in [-0.25, -0.2) is 0 Å². The molecule has 1 amide bonds. The molecule has 5 nitrogen and oxygen atoms in total. The number of fused-ring (bicyclic) bond motifs is 3. The van der Waals surface area contributed by atoms with Crippen molar-refractivity contribution in [2.75, 3.05) is 33.3 Å². The van der Waals surface area contributed by atoms with Crippen molar-refractivity contribution in [2.45, 2.75) is 12.7 Å². The van der Waals surface area contributed by atoms with Crippen LogP contribution in [0, 0.1) is 0 Å². The molecule has 1 fully saturated rings. The molecule has 1 saturated heterocycles. The summed E-state index contributed by atoms with van der Waals surface area (Å²) >= 11 is 1.53. The molecule has 4 rings (SSSR count). The third kappa shape index (κ3) is 3.05. The van der Waals surface area contributed by atoms with E-state index >= 15 is 0 Å². The molecule has 0 radical (unpaired) electrons. The molecule has 2 aromatic rings. The fourth-order valence-corrected chi connectivity index (χ4v) is 4.21. The monoisotopic (exact) mass is 344 g/mol. The second-order valence-corrected chi connectivity index (χ2v) is 7.27. The average Bonchev–Trinajstić information content (AvgIpc) is 3.04. The van der Waals surface area contributed by atoms with Crippen LogP contribution in [0.25, 0.3) is 10.4 Å². The van der Waals surface area contributed by atoms with Gasteiger partial charge in [-0.1, -0.05) is 12.1 Å². The number of carbonyl (C=O) groups is 1. The van der Waals surface area contributed by atoms with E-state index in [-0.39, 0.29) is 12.0 Å². The fraction of sp³-hybridized carbons (Fsp3) is 0.389. The highest BCUT2D eigenvalue weighted by molar-refractivity contribution is 7.17. The number of hydrogen-bond acceptors (Lipinski definition) is 5. The molecule has 0 unspecified atom stereocenters. The minimum atomic E-state index is -0.0382. The third-order valence-electron chi connectivity index (χ3n) is 4.38. The van der Waals surface area contributed by atoms with Crippen molar-refractivity contribution in [3.05, 3.63) is 40.8 Å².